The van der Waals surface area contributed by atoms with Crippen LogP contribution in [0.4, 0.5) is 0 Å². The van der Waals surface area contributed by atoms with Crippen LogP contribution in [-0.4, -0.2) is 30.2 Å². The van der Waals surface area contributed by atoms with Gasteiger partial charge in [-0.25, -0.2) is 0 Å². The van der Waals surface area contributed by atoms with E-state index in [-0.39, 0.29) is 12.4 Å². The van der Waals surface area contributed by atoms with Crippen molar-refractivity contribution in [2.45, 2.75) is 13.3 Å². The molecule has 88 valence electrons. The second-order valence-electron chi connectivity index (χ2n) is 4.87. The zero-order valence-electron chi connectivity index (χ0n) is 9.64. The minimum atomic E-state index is 0. The zero-order chi connectivity index (χ0) is 10.4. The summed E-state index contributed by atoms with van der Waals surface area (Å²) < 4.78 is 5.31. The van der Waals surface area contributed by atoms with E-state index in [9.17, 15) is 0 Å². The molecule has 0 saturated carbocycles. The Morgan fingerprint density at radius 2 is 2.25 bits per heavy atom. The Kier molecular flexibility index (Phi) is 3.08. The third kappa shape index (κ3) is 1.89. The highest BCUT2D eigenvalue weighted by Crippen LogP contribution is 2.40. The van der Waals surface area contributed by atoms with Crippen molar-refractivity contribution in [3.05, 3.63) is 23.6 Å². The molecule has 2 atom stereocenters. The molecule has 2 heterocycles. The van der Waals surface area contributed by atoms with Crippen LogP contribution in [0.15, 0.2) is 16.7 Å². The van der Waals surface area contributed by atoms with Gasteiger partial charge in [0, 0.05) is 19.2 Å². The standard InChI is InChI=1S/C12H16N2O.ClH/c1-8-3-12(15-13-8)9-4-10-6-14(2)7-11(10)5-9;/h3-4,10-11H,5-7H2,1-2H3;1H/t10-,11+;/m1./s1. The Labute approximate surface area is 102 Å². The predicted molar refractivity (Wildman–Crippen MR) is 65.6 cm³/mol. The van der Waals surface area contributed by atoms with Crippen LogP contribution in [0, 0.1) is 18.8 Å². The molecule has 3 nitrogen and oxygen atoms in total. The summed E-state index contributed by atoms with van der Waals surface area (Å²) in [5, 5.41) is 3.94. The lowest BCUT2D eigenvalue weighted by atomic mass is 9.99. The van der Waals surface area contributed by atoms with Gasteiger partial charge in [0.05, 0.1) is 5.69 Å². The molecule has 0 radical (unpaired) electrons. The van der Waals surface area contributed by atoms with E-state index in [1.807, 2.05) is 13.0 Å². The van der Waals surface area contributed by atoms with Crippen molar-refractivity contribution >= 4 is 18.0 Å². The smallest absolute Gasteiger partial charge is 0.162 e. The molecule has 0 bridgehead atoms. The quantitative estimate of drug-likeness (QED) is 0.755. The number of rotatable bonds is 1. The van der Waals surface area contributed by atoms with E-state index in [2.05, 4.69) is 23.2 Å². The van der Waals surface area contributed by atoms with E-state index >= 15 is 0 Å². The van der Waals surface area contributed by atoms with Gasteiger partial charge >= 0.3 is 0 Å². The largest absolute Gasteiger partial charge is 0.356 e. The SMILES string of the molecule is Cc1cc(C2=C[C@@H]3CN(C)C[C@@H]3C2)on1.Cl. The Morgan fingerprint density at radius 3 is 2.88 bits per heavy atom. The summed E-state index contributed by atoms with van der Waals surface area (Å²) in [6.45, 7) is 4.39. The van der Waals surface area contributed by atoms with Gasteiger partial charge in [-0.1, -0.05) is 11.2 Å². The number of fused-ring (bicyclic) bond motifs is 1. The van der Waals surface area contributed by atoms with Crippen LogP contribution in [0.1, 0.15) is 17.9 Å². The van der Waals surface area contributed by atoms with Gasteiger partial charge in [0.25, 0.3) is 0 Å². The second-order valence-corrected chi connectivity index (χ2v) is 4.87. The number of allylic oxidation sites excluding steroid dienone is 1. The topological polar surface area (TPSA) is 29.3 Å². The second kappa shape index (κ2) is 4.22. The molecule has 0 amide bonds. The van der Waals surface area contributed by atoms with Crippen LogP contribution < -0.4 is 0 Å². The summed E-state index contributed by atoms with van der Waals surface area (Å²) in [4.78, 5) is 2.41. The molecule has 0 aromatic carbocycles. The maximum Gasteiger partial charge on any atom is 0.162 e. The molecule has 1 aromatic rings. The molecule has 0 unspecified atom stereocenters. The fourth-order valence-corrected chi connectivity index (χ4v) is 2.83. The van der Waals surface area contributed by atoms with Crippen molar-refractivity contribution in [1.82, 2.24) is 10.1 Å². The number of nitrogens with zero attached hydrogens (tertiary/aromatic N) is 2. The number of hydrogen-bond donors (Lipinski definition) is 0. The van der Waals surface area contributed by atoms with Gasteiger partial charge in [-0.3, -0.25) is 0 Å². The van der Waals surface area contributed by atoms with E-state index in [1.54, 1.807) is 0 Å². The highest BCUT2D eigenvalue weighted by Gasteiger charge is 2.35. The number of halogens is 1. The van der Waals surface area contributed by atoms with Gasteiger partial charge in [-0.15, -0.1) is 12.4 Å². The third-order valence-corrected chi connectivity index (χ3v) is 3.52. The Balaban J connectivity index is 0.000000963. The summed E-state index contributed by atoms with van der Waals surface area (Å²) in [6.07, 6.45) is 3.54. The zero-order valence-corrected chi connectivity index (χ0v) is 10.5. The van der Waals surface area contributed by atoms with Gasteiger partial charge in [0.1, 0.15) is 0 Å². The summed E-state index contributed by atoms with van der Waals surface area (Å²) >= 11 is 0. The van der Waals surface area contributed by atoms with Crippen LogP contribution in [-0.2, 0) is 0 Å². The molecule has 0 spiro atoms. The summed E-state index contributed by atoms with van der Waals surface area (Å²) in [7, 11) is 2.20. The van der Waals surface area contributed by atoms with E-state index < -0.39 is 0 Å². The van der Waals surface area contributed by atoms with Crippen LogP contribution >= 0.6 is 12.4 Å². The molecule has 1 aliphatic carbocycles. The molecule has 4 heteroatoms. The summed E-state index contributed by atoms with van der Waals surface area (Å²) in [5.74, 6) is 2.51. The average Bonchev–Trinajstić information content (AvgIpc) is 2.78. The molecular formula is C12H17ClN2O. The fourth-order valence-electron chi connectivity index (χ4n) is 2.83. The first-order valence-corrected chi connectivity index (χ1v) is 5.55. The van der Waals surface area contributed by atoms with Crippen molar-refractivity contribution in [2.75, 3.05) is 20.1 Å². The van der Waals surface area contributed by atoms with Crippen molar-refractivity contribution in [3.8, 4) is 0 Å². The molecule has 1 fully saturated rings. The van der Waals surface area contributed by atoms with Crippen LogP contribution in [0.5, 0.6) is 0 Å². The normalized spacial score (nSPS) is 28.8. The molecule has 1 aliphatic heterocycles. The fraction of sp³-hybridized carbons (Fsp3) is 0.583. The molecule has 3 rings (SSSR count). The van der Waals surface area contributed by atoms with Crippen molar-refractivity contribution in [2.24, 2.45) is 11.8 Å². The van der Waals surface area contributed by atoms with E-state index in [0.717, 1.165) is 29.7 Å². The molecule has 16 heavy (non-hydrogen) atoms. The molecule has 2 aliphatic rings. The lowest BCUT2D eigenvalue weighted by Gasteiger charge is -2.07. The minimum absolute atomic E-state index is 0. The maximum atomic E-state index is 5.31. The number of likely N-dealkylation sites (tertiary alicyclic amines) is 1. The van der Waals surface area contributed by atoms with Gasteiger partial charge in [-0.2, -0.15) is 0 Å². The Hall–Kier alpha value is -0.800. The summed E-state index contributed by atoms with van der Waals surface area (Å²) in [5.41, 5.74) is 2.33. The lowest BCUT2D eigenvalue weighted by Crippen LogP contribution is -2.14. The first kappa shape index (κ1) is 11.7. The van der Waals surface area contributed by atoms with Crippen molar-refractivity contribution < 1.29 is 4.52 Å². The molecular weight excluding hydrogens is 224 g/mol. The van der Waals surface area contributed by atoms with Gasteiger partial charge < -0.3 is 9.42 Å². The minimum Gasteiger partial charge on any atom is -0.356 e. The van der Waals surface area contributed by atoms with E-state index in [0.29, 0.717) is 0 Å². The highest BCUT2D eigenvalue weighted by molar-refractivity contribution is 5.85. The lowest BCUT2D eigenvalue weighted by molar-refractivity contribution is 0.389. The first-order chi connectivity index (χ1) is 7.22. The molecule has 0 N–H and O–H groups in total. The van der Waals surface area contributed by atoms with Crippen molar-refractivity contribution in [1.29, 1.82) is 0 Å². The van der Waals surface area contributed by atoms with E-state index in [4.69, 9.17) is 4.52 Å². The Morgan fingerprint density at radius 1 is 1.44 bits per heavy atom. The molecule has 1 aromatic heterocycles. The maximum absolute atomic E-state index is 5.31. The number of aromatic nitrogens is 1. The Bertz CT molecular complexity index is 413. The van der Waals surface area contributed by atoms with Crippen LogP contribution in [0.3, 0.4) is 0 Å². The van der Waals surface area contributed by atoms with E-state index in [1.165, 1.54) is 18.7 Å². The van der Waals surface area contributed by atoms with Gasteiger partial charge in [0.15, 0.2) is 5.76 Å². The third-order valence-electron chi connectivity index (χ3n) is 3.52. The van der Waals surface area contributed by atoms with Crippen LogP contribution in [0.2, 0.25) is 0 Å². The summed E-state index contributed by atoms with van der Waals surface area (Å²) in [6, 6.07) is 2.04. The number of aryl methyl sites for hydroxylation is 1. The van der Waals surface area contributed by atoms with Crippen LogP contribution in [0.25, 0.3) is 5.57 Å². The number of hydrogen-bond acceptors (Lipinski definition) is 3. The monoisotopic (exact) mass is 240 g/mol. The first-order valence-electron chi connectivity index (χ1n) is 5.55. The predicted octanol–water partition coefficient (Wildman–Crippen LogP) is 2.37. The highest BCUT2D eigenvalue weighted by atomic mass is 35.5. The average molecular weight is 241 g/mol. The van der Waals surface area contributed by atoms with Gasteiger partial charge in [0.2, 0.25) is 0 Å². The molecule has 1 saturated heterocycles. The van der Waals surface area contributed by atoms with Gasteiger partial charge in [-0.05, 0) is 37.8 Å². The van der Waals surface area contributed by atoms with Crippen molar-refractivity contribution in [3.63, 3.8) is 0 Å².